The van der Waals surface area contributed by atoms with E-state index in [1.54, 1.807) is 0 Å². The fourth-order valence-electron chi connectivity index (χ4n) is 6.55. The fourth-order valence-corrected chi connectivity index (χ4v) is 7.82. The smallest absolute Gasteiger partial charge is 0.249 e. The summed E-state index contributed by atoms with van der Waals surface area (Å²) in [7, 11) is 0. The van der Waals surface area contributed by atoms with E-state index in [1.807, 2.05) is 11.8 Å². The molecular formula is C34H24BNS. The lowest BCUT2D eigenvalue weighted by Crippen LogP contribution is -2.58. The van der Waals surface area contributed by atoms with Crippen molar-refractivity contribution in [2.24, 2.45) is 0 Å². The quantitative estimate of drug-likeness (QED) is 0.240. The molecule has 1 nitrogen and oxygen atoms in total. The molecule has 6 aromatic rings. The number of aromatic nitrogens is 1. The summed E-state index contributed by atoms with van der Waals surface area (Å²) < 4.78 is 2.51. The molecule has 0 radical (unpaired) electrons. The fraction of sp³-hybridized carbons (Fsp3) is 0.0588. The lowest BCUT2D eigenvalue weighted by molar-refractivity contribution is 1.04. The maximum atomic E-state index is 2.51. The third kappa shape index (κ3) is 2.84. The highest BCUT2D eigenvalue weighted by Crippen LogP contribution is 2.43. The Morgan fingerprint density at radius 2 is 1.32 bits per heavy atom. The molecule has 0 amide bonds. The Kier molecular flexibility index (Phi) is 4.45. The summed E-state index contributed by atoms with van der Waals surface area (Å²) in [4.78, 5) is 2.76. The molecule has 2 aliphatic rings. The topological polar surface area (TPSA) is 4.93 Å². The molecule has 0 fully saturated rings. The van der Waals surface area contributed by atoms with Crippen molar-refractivity contribution in [1.29, 1.82) is 0 Å². The van der Waals surface area contributed by atoms with E-state index >= 15 is 0 Å². The van der Waals surface area contributed by atoms with Gasteiger partial charge in [0.25, 0.3) is 0 Å². The van der Waals surface area contributed by atoms with Crippen molar-refractivity contribution < 1.29 is 0 Å². The van der Waals surface area contributed by atoms with Gasteiger partial charge in [-0.15, -0.1) is 0 Å². The van der Waals surface area contributed by atoms with Gasteiger partial charge in [0.1, 0.15) is 0 Å². The molecule has 37 heavy (non-hydrogen) atoms. The minimum atomic E-state index is 0.233. The molecule has 0 spiro atoms. The van der Waals surface area contributed by atoms with Gasteiger partial charge in [0.2, 0.25) is 6.71 Å². The average Bonchev–Trinajstić information content (AvgIpc) is 3.22. The van der Waals surface area contributed by atoms with Crippen LogP contribution in [0.15, 0.2) is 119 Å². The Bertz CT molecular complexity index is 1880. The van der Waals surface area contributed by atoms with E-state index in [0.29, 0.717) is 0 Å². The zero-order valence-electron chi connectivity index (χ0n) is 20.8. The molecule has 0 saturated heterocycles. The maximum absolute atomic E-state index is 2.51. The van der Waals surface area contributed by atoms with Gasteiger partial charge in [-0.1, -0.05) is 114 Å². The molecule has 0 unspecified atom stereocenters. The molecule has 8 rings (SSSR count). The Morgan fingerprint density at radius 3 is 2.19 bits per heavy atom. The highest BCUT2D eigenvalue weighted by molar-refractivity contribution is 8.00. The first-order valence-corrected chi connectivity index (χ1v) is 13.7. The molecule has 3 heterocycles. The zero-order chi connectivity index (χ0) is 24.7. The number of rotatable bonds is 2. The normalized spacial score (nSPS) is 13.0. The summed E-state index contributed by atoms with van der Waals surface area (Å²) in [5.41, 5.74) is 14.9. The maximum Gasteiger partial charge on any atom is 0.249 e. The summed E-state index contributed by atoms with van der Waals surface area (Å²) in [6.07, 6.45) is 0. The van der Waals surface area contributed by atoms with E-state index in [0.717, 1.165) is 0 Å². The molecule has 0 N–H and O–H groups in total. The molecule has 1 aromatic heterocycles. The van der Waals surface area contributed by atoms with Gasteiger partial charge in [-0.2, -0.15) is 0 Å². The third-order valence-electron chi connectivity index (χ3n) is 8.33. The van der Waals surface area contributed by atoms with Gasteiger partial charge in [-0.25, -0.2) is 0 Å². The Hall–Kier alpha value is -3.95. The Labute approximate surface area is 221 Å². The predicted molar refractivity (Wildman–Crippen MR) is 159 cm³/mol. The number of benzene rings is 5. The lowest BCUT2D eigenvalue weighted by Gasteiger charge is -2.34. The van der Waals surface area contributed by atoms with Crippen LogP contribution in [0.3, 0.4) is 0 Å². The van der Waals surface area contributed by atoms with Crippen molar-refractivity contribution in [1.82, 2.24) is 4.57 Å². The molecule has 0 atom stereocenters. The molecule has 0 aliphatic carbocycles. The SMILES string of the molecule is Cc1c(C)n2c3c4c(ccc13)Sc1c(cccc1-c1ccccc1-c1ccccc1)B4c1ccccc1-2. The second-order valence-electron chi connectivity index (χ2n) is 10.1. The number of hydrogen-bond donors (Lipinski definition) is 0. The van der Waals surface area contributed by atoms with Crippen molar-refractivity contribution in [2.45, 2.75) is 23.6 Å². The van der Waals surface area contributed by atoms with E-state index in [4.69, 9.17) is 0 Å². The van der Waals surface area contributed by atoms with Gasteiger partial charge < -0.3 is 4.57 Å². The molecule has 3 heteroatoms. The predicted octanol–water partition coefficient (Wildman–Crippen LogP) is 6.88. The van der Waals surface area contributed by atoms with Crippen LogP contribution in [0.4, 0.5) is 0 Å². The lowest BCUT2D eigenvalue weighted by atomic mass is 9.35. The first-order valence-electron chi connectivity index (χ1n) is 12.9. The minimum absolute atomic E-state index is 0.233. The van der Waals surface area contributed by atoms with Crippen molar-refractivity contribution in [3.8, 4) is 27.9 Å². The van der Waals surface area contributed by atoms with Crippen LogP contribution in [-0.4, -0.2) is 11.3 Å². The number of fused-ring (bicyclic) bond motifs is 5. The van der Waals surface area contributed by atoms with Crippen LogP contribution in [0, 0.1) is 13.8 Å². The number of para-hydroxylation sites is 1. The second kappa shape index (κ2) is 7.78. The summed E-state index contributed by atoms with van der Waals surface area (Å²) in [5.74, 6) is 0. The molecule has 5 aromatic carbocycles. The summed E-state index contributed by atoms with van der Waals surface area (Å²) >= 11 is 1.95. The van der Waals surface area contributed by atoms with Crippen LogP contribution < -0.4 is 16.4 Å². The Morgan fingerprint density at radius 1 is 0.622 bits per heavy atom. The van der Waals surface area contributed by atoms with Crippen LogP contribution in [0.25, 0.3) is 38.8 Å². The van der Waals surface area contributed by atoms with E-state index < -0.39 is 0 Å². The largest absolute Gasteiger partial charge is 0.315 e. The molecule has 0 bridgehead atoms. The van der Waals surface area contributed by atoms with Gasteiger partial charge in [-0.05, 0) is 64.7 Å². The van der Waals surface area contributed by atoms with Crippen LogP contribution >= 0.6 is 11.8 Å². The zero-order valence-corrected chi connectivity index (χ0v) is 21.6. The van der Waals surface area contributed by atoms with Crippen molar-refractivity contribution in [3.05, 3.63) is 120 Å². The van der Waals surface area contributed by atoms with Crippen LogP contribution in [0.2, 0.25) is 0 Å². The molecular weight excluding hydrogens is 465 g/mol. The first-order chi connectivity index (χ1) is 18.2. The van der Waals surface area contributed by atoms with Gasteiger partial charge in [-0.3, -0.25) is 0 Å². The van der Waals surface area contributed by atoms with Crippen LogP contribution in [0.1, 0.15) is 11.3 Å². The van der Waals surface area contributed by atoms with E-state index in [9.17, 15) is 0 Å². The summed E-state index contributed by atoms with van der Waals surface area (Å²) in [6, 6.07) is 40.3. The summed E-state index contributed by atoms with van der Waals surface area (Å²) in [5, 5.41) is 1.38. The van der Waals surface area contributed by atoms with Crippen LogP contribution in [0.5, 0.6) is 0 Å². The number of nitrogens with zero attached hydrogens (tertiary/aromatic N) is 1. The molecule has 174 valence electrons. The van der Waals surface area contributed by atoms with E-state index in [2.05, 4.69) is 128 Å². The average molecular weight is 489 g/mol. The summed E-state index contributed by atoms with van der Waals surface area (Å²) in [6.45, 7) is 4.77. The van der Waals surface area contributed by atoms with Crippen molar-refractivity contribution >= 4 is 45.8 Å². The standard InChI is InChI=1S/C34H24BNS/c1-21-22(2)36-30-18-9-8-16-28(30)35-29-17-10-15-27(34(29)37-31-20-19-24(21)33(36)32(31)35)26-14-7-6-13-25(26)23-11-4-3-5-12-23/h3-20H,1-2H3. The van der Waals surface area contributed by atoms with Gasteiger partial charge in [0, 0.05) is 32.1 Å². The second-order valence-corrected chi connectivity index (χ2v) is 11.2. The third-order valence-corrected chi connectivity index (χ3v) is 9.57. The molecule has 2 aliphatic heterocycles. The monoisotopic (exact) mass is 489 g/mol. The van der Waals surface area contributed by atoms with Gasteiger partial charge in [0.05, 0.1) is 0 Å². The highest BCUT2D eigenvalue weighted by atomic mass is 32.2. The molecule has 0 saturated carbocycles. The van der Waals surface area contributed by atoms with Crippen molar-refractivity contribution in [3.63, 3.8) is 0 Å². The van der Waals surface area contributed by atoms with Gasteiger partial charge in [0.15, 0.2) is 0 Å². The first kappa shape index (κ1) is 21.2. The Balaban J connectivity index is 1.44. The van der Waals surface area contributed by atoms with E-state index in [1.165, 1.54) is 76.3 Å². The van der Waals surface area contributed by atoms with Gasteiger partial charge >= 0.3 is 0 Å². The van der Waals surface area contributed by atoms with E-state index in [-0.39, 0.29) is 6.71 Å². The highest BCUT2D eigenvalue weighted by Gasteiger charge is 2.40. The minimum Gasteiger partial charge on any atom is -0.315 e. The van der Waals surface area contributed by atoms with Crippen molar-refractivity contribution in [2.75, 3.05) is 0 Å². The number of hydrogen-bond acceptors (Lipinski definition) is 1. The van der Waals surface area contributed by atoms with Crippen LogP contribution in [-0.2, 0) is 0 Å². The number of aryl methyl sites for hydroxylation is 1.